The van der Waals surface area contributed by atoms with E-state index in [4.69, 9.17) is 4.74 Å². The number of benzene rings is 2. The summed E-state index contributed by atoms with van der Waals surface area (Å²) in [5.41, 5.74) is 4.85. The first-order valence-electron chi connectivity index (χ1n) is 9.75. The van der Waals surface area contributed by atoms with Crippen LogP contribution in [-0.4, -0.2) is 32.7 Å². The molecule has 1 atom stereocenters. The van der Waals surface area contributed by atoms with Crippen molar-refractivity contribution in [2.75, 3.05) is 11.9 Å². The van der Waals surface area contributed by atoms with Gasteiger partial charge in [-0.15, -0.1) is 0 Å². The van der Waals surface area contributed by atoms with Crippen molar-refractivity contribution >= 4 is 22.6 Å². The van der Waals surface area contributed by atoms with Gasteiger partial charge in [0.2, 0.25) is 0 Å². The standard InChI is InChI=1S/C22H21N5O2/c28-22(19-13-16(26-27-19)11-14-5-2-1-3-6-14)23-15-8-9-17-18(12-15)25-21(24-17)20-7-4-10-29-20/h1-3,5-6,8-9,12-13,20H,4,7,10-11H2,(H,23,28)(H,24,25)(H,26,27). The zero-order chi connectivity index (χ0) is 19.6. The number of anilines is 1. The van der Waals surface area contributed by atoms with Crippen LogP contribution >= 0.6 is 0 Å². The third-order valence-corrected chi connectivity index (χ3v) is 5.09. The Morgan fingerprint density at radius 2 is 2.07 bits per heavy atom. The van der Waals surface area contributed by atoms with E-state index in [9.17, 15) is 4.79 Å². The topological polar surface area (TPSA) is 95.7 Å². The molecule has 3 N–H and O–H groups in total. The lowest BCUT2D eigenvalue weighted by Gasteiger charge is -2.03. The van der Waals surface area contributed by atoms with Gasteiger partial charge in [0.1, 0.15) is 11.9 Å². The minimum Gasteiger partial charge on any atom is -0.370 e. The number of nitrogens with zero attached hydrogens (tertiary/aromatic N) is 2. The summed E-state index contributed by atoms with van der Waals surface area (Å²) >= 11 is 0. The second kappa shape index (κ2) is 7.52. The van der Waals surface area contributed by atoms with Gasteiger partial charge in [0, 0.05) is 24.4 Å². The quantitative estimate of drug-likeness (QED) is 0.483. The number of nitrogens with one attached hydrogen (secondary N) is 3. The molecule has 7 nitrogen and oxygen atoms in total. The molecule has 1 saturated heterocycles. The van der Waals surface area contributed by atoms with E-state index in [1.54, 1.807) is 6.07 Å². The smallest absolute Gasteiger partial charge is 0.276 e. The highest BCUT2D eigenvalue weighted by Gasteiger charge is 2.21. The zero-order valence-corrected chi connectivity index (χ0v) is 15.8. The van der Waals surface area contributed by atoms with Crippen LogP contribution < -0.4 is 5.32 Å². The van der Waals surface area contributed by atoms with Crippen molar-refractivity contribution in [3.05, 3.63) is 77.4 Å². The molecule has 1 unspecified atom stereocenters. The molecule has 2 aromatic carbocycles. The van der Waals surface area contributed by atoms with Crippen LogP contribution in [0.2, 0.25) is 0 Å². The molecular formula is C22H21N5O2. The van der Waals surface area contributed by atoms with Crippen molar-refractivity contribution < 1.29 is 9.53 Å². The third-order valence-electron chi connectivity index (χ3n) is 5.09. The maximum atomic E-state index is 12.6. The number of rotatable bonds is 5. The summed E-state index contributed by atoms with van der Waals surface area (Å²) in [6, 6.07) is 17.5. The molecule has 0 aliphatic carbocycles. The van der Waals surface area contributed by atoms with E-state index in [-0.39, 0.29) is 12.0 Å². The van der Waals surface area contributed by atoms with Gasteiger partial charge in [-0.2, -0.15) is 5.10 Å². The fourth-order valence-electron chi connectivity index (χ4n) is 3.63. The number of carbonyl (C=O) groups is 1. The van der Waals surface area contributed by atoms with E-state index >= 15 is 0 Å². The fourth-order valence-corrected chi connectivity index (χ4v) is 3.63. The normalized spacial score (nSPS) is 16.3. The number of hydrogen-bond donors (Lipinski definition) is 3. The van der Waals surface area contributed by atoms with Crippen LogP contribution in [0.25, 0.3) is 11.0 Å². The van der Waals surface area contributed by atoms with Crippen molar-refractivity contribution in [2.24, 2.45) is 0 Å². The van der Waals surface area contributed by atoms with Crippen molar-refractivity contribution in [3.8, 4) is 0 Å². The summed E-state index contributed by atoms with van der Waals surface area (Å²) in [5, 5.41) is 10.0. The highest BCUT2D eigenvalue weighted by molar-refractivity contribution is 6.03. The van der Waals surface area contributed by atoms with Crippen molar-refractivity contribution in [3.63, 3.8) is 0 Å². The molecule has 0 bridgehead atoms. The number of aromatic amines is 2. The lowest BCUT2D eigenvalue weighted by Crippen LogP contribution is -2.12. The number of aromatic nitrogens is 4. The zero-order valence-electron chi connectivity index (χ0n) is 15.8. The van der Waals surface area contributed by atoms with E-state index in [1.165, 1.54) is 0 Å². The van der Waals surface area contributed by atoms with Crippen molar-refractivity contribution in [1.29, 1.82) is 0 Å². The van der Waals surface area contributed by atoms with Gasteiger partial charge in [-0.1, -0.05) is 30.3 Å². The molecule has 1 aliphatic heterocycles. The average molecular weight is 387 g/mol. The molecule has 0 saturated carbocycles. The van der Waals surface area contributed by atoms with Gasteiger partial charge in [-0.25, -0.2) is 4.98 Å². The Kier molecular flexibility index (Phi) is 4.57. The van der Waals surface area contributed by atoms with Crippen LogP contribution in [0.1, 0.15) is 46.5 Å². The molecule has 2 aromatic heterocycles. The molecule has 5 rings (SSSR count). The number of imidazole rings is 1. The largest absolute Gasteiger partial charge is 0.370 e. The Hall–Kier alpha value is -3.45. The van der Waals surface area contributed by atoms with E-state index in [1.807, 2.05) is 48.5 Å². The molecule has 0 spiro atoms. The Bertz CT molecular complexity index is 1140. The van der Waals surface area contributed by atoms with Gasteiger partial charge in [0.25, 0.3) is 5.91 Å². The summed E-state index contributed by atoms with van der Waals surface area (Å²) in [6.45, 7) is 0.777. The molecular weight excluding hydrogens is 366 g/mol. The van der Waals surface area contributed by atoms with Crippen LogP contribution in [-0.2, 0) is 11.2 Å². The Balaban J connectivity index is 1.29. The first-order valence-corrected chi connectivity index (χ1v) is 9.75. The summed E-state index contributed by atoms with van der Waals surface area (Å²) in [6.07, 6.45) is 2.77. The number of H-pyrrole nitrogens is 2. The predicted molar refractivity (Wildman–Crippen MR) is 110 cm³/mol. The number of ether oxygens (including phenoxy) is 1. The lowest BCUT2D eigenvalue weighted by atomic mass is 10.1. The van der Waals surface area contributed by atoms with Crippen LogP contribution in [0.3, 0.4) is 0 Å². The molecule has 1 amide bonds. The first-order chi connectivity index (χ1) is 14.2. The molecule has 7 heteroatoms. The van der Waals surface area contributed by atoms with Crippen molar-refractivity contribution in [2.45, 2.75) is 25.4 Å². The molecule has 1 fully saturated rings. The monoisotopic (exact) mass is 387 g/mol. The molecule has 1 aliphatic rings. The van der Waals surface area contributed by atoms with Gasteiger partial charge in [0.15, 0.2) is 5.69 Å². The number of fused-ring (bicyclic) bond motifs is 1. The summed E-state index contributed by atoms with van der Waals surface area (Å²) < 4.78 is 5.69. The van der Waals surface area contributed by atoms with Gasteiger partial charge < -0.3 is 15.0 Å². The maximum Gasteiger partial charge on any atom is 0.276 e. The van der Waals surface area contributed by atoms with Crippen LogP contribution in [0, 0.1) is 0 Å². The second-order valence-electron chi connectivity index (χ2n) is 7.25. The molecule has 146 valence electrons. The third kappa shape index (κ3) is 3.77. The fraction of sp³-hybridized carbons (Fsp3) is 0.227. The van der Waals surface area contributed by atoms with E-state index < -0.39 is 0 Å². The molecule has 29 heavy (non-hydrogen) atoms. The van der Waals surface area contributed by atoms with Gasteiger partial charge in [-0.05, 0) is 42.7 Å². The highest BCUT2D eigenvalue weighted by atomic mass is 16.5. The van der Waals surface area contributed by atoms with Gasteiger partial charge in [0.05, 0.1) is 11.0 Å². The highest BCUT2D eigenvalue weighted by Crippen LogP contribution is 2.28. The van der Waals surface area contributed by atoms with Crippen LogP contribution in [0.15, 0.2) is 54.6 Å². The van der Waals surface area contributed by atoms with Crippen LogP contribution in [0.4, 0.5) is 5.69 Å². The maximum absolute atomic E-state index is 12.6. The number of carbonyl (C=O) groups excluding carboxylic acids is 1. The average Bonchev–Trinajstić information content (AvgIpc) is 3.48. The number of hydrogen-bond acceptors (Lipinski definition) is 4. The van der Waals surface area contributed by atoms with Crippen LogP contribution in [0.5, 0.6) is 0 Å². The molecule has 0 radical (unpaired) electrons. The predicted octanol–water partition coefficient (Wildman–Crippen LogP) is 3.98. The first kappa shape index (κ1) is 17.6. The summed E-state index contributed by atoms with van der Waals surface area (Å²) in [5.74, 6) is 0.595. The summed E-state index contributed by atoms with van der Waals surface area (Å²) in [4.78, 5) is 20.5. The minimum absolute atomic E-state index is 0.0348. The van der Waals surface area contributed by atoms with E-state index in [2.05, 4.69) is 25.5 Å². The molecule has 4 aromatic rings. The second-order valence-corrected chi connectivity index (χ2v) is 7.25. The van der Waals surface area contributed by atoms with E-state index in [0.717, 1.165) is 47.6 Å². The molecule has 3 heterocycles. The summed E-state index contributed by atoms with van der Waals surface area (Å²) in [7, 11) is 0. The van der Waals surface area contributed by atoms with Gasteiger partial charge >= 0.3 is 0 Å². The Morgan fingerprint density at radius 3 is 2.90 bits per heavy atom. The van der Waals surface area contributed by atoms with Gasteiger partial charge in [-0.3, -0.25) is 9.89 Å². The van der Waals surface area contributed by atoms with E-state index in [0.29, 0.717) is 17.8 Å². The SMILES string of the molecule is O=C(Nc1ccc2nc(C3CCCO3)[nH]c2c1)c1cc(Cc2ccccc2)[nH]n1. The number of amides is 1. The lowest BCUT2D eigenvalue weighted by molar-refractivity contribution is 0.102. The van der Waals surface area contributed by atoms with Crippen molar-refractivity contribution in [1.82, 2.24) is 20.2 Å². The minimum atomic E-state index is -0.251. The Morgan fingerprint density at radius 1 is 1.17 bits per heavy atom. The Labute approximate surface area is 167 Å².